The number of allylic oxidation sites excluding steroid dienone is 3. The lowest BCUT2D eigenvalue weighted by Crippen LogP contribution is -2.11. The number of aromatic nitrogens is 1. The summed E-state index contributed by atoms with van der Waals surface area (Å²) in [6, 6.07) is 2.28. The van der Waals surface area contributed by atoms with Gasteiger partial charge >= 0.3 is 0 Å². The standard InChI is InChI=1S/C20H29NS/c1-11(2)17-9-13(5)15(7)16(8)22-20-19(17)18(12(3)4)10-14(6)21-20/h9-12,16H,1-8H3/b15-13-,17-9-/t16-/m1/s1. The molecule has 2 rings (SSSR count). The molecule has 1 atom stereocenters. The number of thioether (sulfide) groups is 1. The van der Waals surface area contributed by atoms with Gasteiger partial charge in [-0.2, -0.15) is 0 Å². The van der Waals surface area contributed by atoms with E-state index in [0.717, 1.165) is 5.69 Å². The monoisotopic (exact) mass is 315 g/mol. The molecule has 1 aromatic heterocycles. The molecule has 0 fully saturated rings. The second-order valence-electron chi connectivity index (χ2n) is 7.07. The normalized spacial score (nSPS) is 24.8. The molecule has 1 aliphatic rings. The second kappa shape index (κ2) is 6.62. The zero-order valence-electron chi connectivity index (χ0n) is 15.2. The van der Waals surface area contributed by atoms with Gasteiger partial charge in [-0.15, -0.1) is 0 Å². The lowest BCUT2D eigenvalue weighted by molar-refractivity contribution is 0.805. The maximum atomic E-state index is 4.90. The Hall–Kier alpha value is -1.02. The molecule has 120 valence electrons. The van der Waals surface area contributed by atoms with Crippen molar-refractivity contribution in [1.82, 2.24) is 4.98 Å². The molecule has 2 heterocycles. The Morgan fingerprint density at radius 3 is 2.23 bits per heavy atom. The predicted octanol–water partition coefficient (Wildman–Crippen LogP) is 6.38. The van der Waals surface area contributed by atoms with Crippen LogP contribution in [-0.4, -0.2) is 10.2 Å². The van der Waals surface area contributed by atoms with Crippen molar-refractivity contribution in [2.24, 2.45) is 5.92 Å². The van der Waals surface area contributed by atoms with Crippen LogP contribution in [0.2, 0.25) is 0 Å². The summed E-state index contributed by atoms with van der Waals surface area (Å²) in [7, 11) is 0. The lowest BCUT2D eigenvalue weighted by atomic mass is 9.86. The fourth-order valence-corrected chi connectivity index (χ4v) is 4.20. The fraction of sp³-hybridized carbons (Fsp3) is 0.550. The van der Waals surface area contributed by atoms with Gasteiger partial charge < -0.3 is 0 Å². The Morgan fingerprint density at radius 1 is 1.05 bits per heavy atom. The van der Waals surface area contributed by atoms with E-state index in [1.807, 2.05) is 11.8 Å². The van der Waals surface area contributed by atoms with Crippen LogP contribution in [0.1, 0.15) is 71.2 Å². The van der Waals surface area contributed by atoms with Gasteiger partial charge in [0.25, 0.3) is 0 Å². The number of rotatable bonds is 2. The summed E-state index contributed by atoms with van der Waals surface area (Å²) in [5, 5.41) is 1.68. The molecule has 0 aliphatic carbocycles. The van der Waals surface area contributed by atoms with Crippen LogP contribution < -0.4 is 0 Å². The van der Waals surface area contributed by atoms with Crippen LogP contribution in [0.25, 0.3) is 5.57 Å². The summed E-state index contributed by atoms with van der Waals surface area (Å²) in [4.78, 5) is 4.90. The van der Waals surface area contributed by atoms with E-state index in [9.17, 15) is 0 Å². The van der Waals surface area contributed by atoms with Gasteiger partial charge in [0.1, 0.15) is 5.03 Å². The molecule has 0 amide bonds. The van der Waals surface area contributed by atoms with Gasteiger partial charge in [-0.1, -0.05) is 56.7 Å². The Kier molecular flexibility index (Phi) is 5.21. The van der Waals surface area contributed by atoms with E-state index in [1.165, 1.54) is 32.9 Å². The molecule has 0 saturated heterocycles. The Bertz CT molecular complexity index is 635. The third kappa shape index (κ3) is 3.32. The van der Waals surface area contributed by atoms with E-state index < -0.39 is 0 Å². The fourth-order valence-electron chi connectivity index (χ4n) is 2.95. The second-order valence-corrected chi connectivity index (χ2v) is 8.40. The zero-order valence-corrected chi connectivity index (χ0v) is 16.1. The van der Waals surface area contributed by atoms with Gasteiger partial charge in [-0.25, -0.2) is 4.98 Å². The number of nitrogens with zero attached hydrogens (tertiary/aromatic N) is 1. The topological polar surface area (TPSA) is 12.9 Å². The molecule has 1 nitrogen and oxygen atoms in total. The molecule has 22 heavy (non-hydrogen) atoms. The van der Waals surface area contributed by atoms with Crippen LogP contribution in [0.3, 0.4) is 0 Å². The first-order chi connectivity index (χ1) is 10.2. The molecule has 2 heteroatoms. The van der Waals surface area contributed by atoms with Crippen molar-refractivity contribution in [2.45, 2.75) is 71.6 Å². The molecule has 0 N–H and O–H groups in total. The van der Waals surface area contributed by atoms with Gasteiger partial charge in [0.2, 0.25) is 0 Å². The highest BCUT2D eigenvalue weighted by molar-refractivity contribution is 8.00. The van der Waals surface area contributed by atoms with Crippen LogP contribution in [-0.2, 0) is 0 Å². The molecule has 0 unspecified atom stereocenters. The van der Waals surface area contributed by atoms with Crippen molar-refractivity contribution in [3.63, 3.8) is 0 Å². The van der Waals surface area contributed by atoms with E-state index in [4.69, 9.17) is 4.98 Å². The maximum Gasteiger partial charge on any atom is 0.105 e. The van der Waals surface area contributed by atoms with Crippen molar-refractivity contribution >= 4 is 17.3 Å². The van der Waals surface area contributed by atoms with E-state index in [1.54, 1.807) is 0 Å². The summed E-state index contributed by atoms with van der Waals surface area (Å²) in [5.41, 5.74) is 8.26. The SMILES string of the molecule is CC1=C(\C)[C@@H](C)Sc2nc(C)cc(C(C)C)c2/C(C(C)C)=C\1. The average Bonchev–Trinajstić information content (AvgIpc) is 2.42. The zero-order chi connectivity index (χ0) is 16.6. The number of hydrogen-bond acceptors (Lipinski definition) is 2. The Morgan fingerprint density at radius 2 is 1.68 bits per heavy atom. The van der Waals surface area contributed by atoms with Crippen LogP contribution in [0.4, 0.5) is 0 Å². The third-order valence-electron chi connectivity index (χ3n) is 4.57. The Labute approximate surface area is 140 Å². The first kappa shape index (κ1) is 17.3. The van der Waals surface area contributed by atoms with Crippen molar-refractivity contribution in [3.05, 3.63) is 40.1 Å². The van der Waals surface area contributed by atoms with E-state index in [2.05, 4.69) is 67.5 Å². The van der Waals surface area contributed by atoms with Gasteiger partial charge in [-0.05, 0) is 56.7 Å². The molecule has 1 aromatic rings. The number of fused-ring (bicyclic) bond motifs is 1. The van der Waals surface area contributed by atoms with Crippen LogP contribution in [0.5, 0.6) is 0 Å². The number of hydrogen-bond donors (Lipinski definition) is 0. The summed E-state index contributed by atoms with van der Waals surface area (Å²) in [5.74, 6) is 1.01. The van der Waals surface area contributed by atoms with E-state index >= 15 is 0 Å². The largest absolute Gasteiger partial charge is 0.246 e. The lowest BCUT2D eigenvalue weighted by Gasteiger charge is -2.26. The third-order valence-corrected chi connectivity index (χ3v) is 5.80. The molecule has 0 radical (unpaired) electrons. The van der Waals surface area contributed by atoms with Gasteiger partial charge in [0.15, 0.2) is 0 Å². The first-order valence-electron chi connectivity index (χ1n) is 8.29. The Balaban J connectivity index is 2.82. The summed E-state index contributed by atoms with van der Waals surface area (Å²) in [6.07, 6.45) is 2.40. The highest BCUT2D eigenvalue weighted by Gasteiger charge is 2.24. The minimum atomic E-state index is 0.470. The maximum absolute atomic E-state index is 4.90. The van der Waals surface area contributed by atoms with Crippen molar-refractivity contribution in [1.29, 1.82) is 0 Å². The molecule has 0 aromatic carbocycles. The minimum absolute atomic E-state index is 0.470. The van der Waals surface area contributed by atoms with Gasteiger partial charge in [0.05, 0.1) is 0 Å². The minimum Gasteiger partial charge on any atom is -0.246 e. The smallest absolute Gasteiger partial charge is 0.105 e. The van der Waals surface area contributed by atoms with Crippen LogP contribution in [0.15, 0.2) is 28.3 Å². The van der Waals surface area contributed by atoms with E-state index in [0.29, 0.717) is 17.1 Å². The predicted molar refractivity (Wildman–Crippen MR) is 99.6 cm³/mol. The molecule has 1 aliphatic heterocycles. The van der Waals surface area contributed by atoms with E-state index in [-0.39, 0.29) is 0 Å². The molecular formula is C20H29NS. The first-order valence-corrected chi connectivity index (χ1v) is 9.17. The van der Waals surface area contributed by atoms with Gasteiger partial charge in [0, 0.05) is 16.5 Å². The molecular weight excluding hydrogens is 286 g/mol. The quantitative estimate of drug-likeness (QED) is 0.627. The van der Waals surface area contributed by atoms with Crippen LogP contribution in [0, 0.1) is 12.8 Å². The van der Waals surface area contributed by atoms with Gasteiger partial charge in [-0.3, -0.25) is 0 Å². The highest BCUT2D eigenvalue weighted by atomic mass is 32.2. The number of aryl methyl sites for hydroxylation is 1. The average molecular weight is 316 g/mol. The number of pyridine rings is 1. The van der Waals surface area contributed by atoms with Crippen molar-refractivity contribution in [3.8, 4) is 0 Å². The molecule has 0 saturated carbocycles. The van der Waals surface area contributed by atoms with Crippen LogP contribution >= 0.6 is 11.8 Å². The summed E-state index contributed by atoms with van der Waals surface area (Å²) < 4.78 is 0. The summed E-state index contributed by atoms with van der Waals surface area (Å²) >= 11 is 1.91. The molecule has 0 bridgehead atoms. The van der Waals surface area contributed by atoms with Crippen molar-refractivity contribution in [2.75, 3.05) is 0 Å². The summed E-state index contributed by atoms with van der Waals surface area (Å²) in [6.45, 7) is 18.1. The molecule has 0 spiro atoms. The van der Waals surface area contributed by atoms with Crippen molar-refractivity contribution < 1.29 is 0 Å². The highest BCUT2D eigenvalue weighted by Crippen LogP contribution is 2.42.